The van der Waals surface area contributed by atoms with Gasteiger partial charge in [0.05, 0.1) is 6.26 Å². The Labute approximate surface area is 237 Å². The van der Waals surface area contributed by atoms with Crippen molar-refractivity contribution in [2.45, 2.75) is 39.5 Å². The number of carboxylic acids is 1. The summed E-state index contributed by atoms with van der Waals surface area (Å²) in [6, 6.07) is 36.5. The van der Waals surface area contributed by atoms with Crippen LogP contribution in [0.3, 0.4) is 0 Å². The minimum Gasteiger partial charge on any atom is -0.478 e. The number of hydrogen-bond donors (Lipinski definition) is 1. The molecule has 0 unspecified atom stereocenters. The van der Waals surface area contributed by atoms with Gasteiger partial charge in [0.15, 0.2) is 0 Å². The second-order valence-electron chi connectivity index (χ2n) is 9.59. The number of carbonyl (C=O) groups excluding carboxylic acids is 1. The fraction of sp³-hybridized carbons (Fsp3) is 0.167. The zero-order valence-electron chi connectivity index (χ0n) is 23.1. The van der Waals surface area contributed by atoms with Gasteiger partial charge in [-0.05, 0) is 72.9 Å². The molecule has 4 nitrogen and oxygen atoms in total. The summed E-state index contributed by atoms with van der Waals surface area (Å²) in [5, 5.41) is 9.00. The standard InChI is InChI=1S/2C18H18O2/c1-15-7-9-16(10-8-15)11-12-18(13-20-14-19)17-5-3-2-4-6-17;1-14-7-9-15(10-8-14)11-12-17(13-18(19)20)16-5-3-2-4-6-16/h2-10,13-14H,11-12H2,1H3;2-10,13H,11-12H2,1H3,(H,19,20)/b18-13+;17-13-. The zero-order chi connectivity index (χ0) is 28.6. The Kier molecular flexibility index (Phi) is 12.2. The molecule has 0 aliphatic rings. The van der Waals surface area contributed by atoms with Crippen molar-refractivity contribution in [2.75, 3.05) is 0 Å². The Bertz CT molecular complexity index is 1390. The molecule has 1 N–H and O–H groups in total. The van der Waals surface area contributed by atoms with Crippen LogP contribution < -0.4 is 0 Å². The molecule has 40 heavy (non-hydrogen) atoms. The normalized spacial score (nSPS) is 11.2. The molecular formula is C36H36O4. The first-order valence-corrected chi connectivity index (χ1v) is 13.4. The molecule has 4 heteroatoms. The zero-order valence-corrected chi connectivity index (χ0v) is 23.1. The summed E-state index contributed by atoms with van der Waals surface area (Å²) in [7, 11) is 0. The predicted molar refractivity (Wildman–Crippen MR) is 163 cm³/mol. The molecule has 0 spiro atoms. The molecule has 4 aromatic carbocycles. The monoisotopic (exact) mass is 532 g/mol. The molecule has 4 aromatic rings. The number of aryl methyl sites for hydroxylation is 4. The van der Waals surface area contributed by atoms with E-state index in [1.165, 1.54) is 34.6 Å². The average molecular weight is 533 g/mol. The molecule has 0 radical (unpaired) electrons. The van der Waals surface area contributed by atoms with Gasteiger partial charge in [-0.25, -0.2) is 4.79 Å². The number of carboxylic acid groups (broad SMARTS) is 1. The van der Waals surface area contributed by atoms with Crippen LogP contribution in [-0.2, 0) is 27.2 Å². The van der Waals surface area contributed by atoms with Crippen LogP contribution in [0.4, 0.5) is 0 Å². The van der Waals surface area contributed by atoms with Crippen LogP contribution in [0, 0.1) is 13.8 Å². The highest BCUT2D eigenvalue weighted by Gasteiger charge is 2.05. The smallest absolute Gasteiger partial charge is 0.328 e. The van der Waals surface area contributed by atoms with E-state index in [9.17, 15) is 9.59 Å². The maximum atomic E-state index is 11.0. The molecule has 204 valence electrons. The van der Waals surface area contributed by atoms with Gasteiger partial charge in [0.1, 0.15) is 0 Å². The van der Waals surface area contributed by atoms with Crippen LogP contribution in [0.2, 0.25) is 0 Å². The Morgan fingerprint density at radius 3 is 1.50 bits per heavy atom. The number of carbonyl (C=O) groups is 2. The molecule has 0 aliphatic carbocycles. The average Bonchev–Trinajstić information content (AvgIpc) is 2.98. The fourth-order valence-electron chi connectivity index (χ4n) is 4.20. The lowest BCUT2D eigenvalue weighted by Crippen LogP contribution is -1.95. The van der Waals surface area contributed by atoms with Gasteiger partial charge < -0.3 is 9.84 Å². The van der Waals surface area contributed by atoms with Crippen molar-refractivity contribution in [3.05, 3.63) is 155 Å². The number of rotatable bonds is 11. The molecule has 0 fully saturated rings. The maximum Gasteiger partial charge on any atom is 0.328 e. The van der Waals surface area contributed by atoms with Crippen molar-refractivity contribution >= 4 is 23.6 Å². The topological polar surface area (TPSA) is 63.6 Å². The van der Waals surface area contributed by atoms with Crippen LogP contribution in [0.1, 0.15) is 46.2 Å². The van der Waals surface area contributed by atoms with E-state index in [0.29, 0.717) is 6.47 Å². The molecule has 0 aliphatic heterocycles. The lowest BCUT2D eigenvalue weighted by atomic mass is 9.97. The van der Waals surface area contributed by atoms with E-state index < -0.39 is 5.97 Å². The molecule has 0 heterocycles. The molecular weight excluding hydrogens is 496 g/mol. The third kappa shape index (κ3) is 10.6. The molecule has 0 bridgehead atoms. The Hall–Kier alpha value is -4.70. The predicted octanol–water partition coefficient (Wildman–Crippen LogP) is 8.24. The van der Waals surface area contributed by atoms with Crippen molar-refractivity contribution in [3.63, 3.8) is 0 Å². The number of ether oxygens (including phenoxy) is 1. The van der Waals surface area contributed by atoms with Gasteiger partial charge in [-0.3, -0.25) is 4.79 Å². The van der Waals surface area contributed by atoms with Gasteiger partial charge >= 0.3 is 5.97 Å². The third-order valence-corrected chi connectivity index (χ3v) is 6.46. The first kappa shape index (κ1) is 29.9. The Morgan fingerprint density at radius 2 is 1.07 bits per heavy atom. The number of benzene rings is 4. The quantitative estimate of drug-likeness (QED) is 0.120. The van der Waals surface area contributed by atoms with E-state index in [4.69, 9.17) is 9.84 Å². The van der Waals surface area contributed by atoms with Crippen molar-refractivity contribution in [3.8, 4) is 0 Å². The van der Waals surface area contributed by atoms with Crippen molar-refractivity contribution in [2.24, 2.45) is 0 Å². The van der Waals surface area contributed by atoms with E-state index >= 15 is 0 Å². The third-order valence-electron chi connectivity index (χ3n) is 6.46. The summed E-state index contributed by atoms with van der Waals surface area (Å²) in [5.41, 5.74) is 8.95. The van der Waals surface area contributed by atoms with Crippen molar-refractivity contribution in [1.82, 2.24) is 0 Å². The lowest BCUT2D eigenvalue weighted by Gasteiger charge is -2.07. The van der Waals surface area contributed by atoms with Crippen molar-refractivity contribution in [1.29, 1.82) is 0 Å². The van der Waals surface area contributed by atoms with Crippen LogP contribution in [0.15, 0.2) is 122 Å². The van der Waals surface area contributed by atoms with Gasteiger partial charge in [0.25, 0.3) is 6.47 Å². The minimum absolute atomic E-state index is 0.453. The number of allylic oxidation sites excluding steroid dienone is 2. The number of hydrogen-bond acceptors (Lipinski definition) is 3. The highest BCUT2D eigenvalue weighted by atomic mass is 16.5. The van der Waals surface area contributed by atoms with Gasteiger partial charge in [0.2, 0.25) is 0 Å². The van der Waals surface area contributed by atoms with Crippen LogP contribution in [0.5, 0.6) is 0 Å². The lowest BCUT2D eigenvalue weighted by molar-refractivity contribution is -0.131. The summed E-state index contributed by atoms with van der Waals surface area (Å²) in [6.07, 6.45) is 6.16. The summed E-state index contributed by atoms with van der Waals surface area (Å²) in [4.78, 5) is 21.3. The first-order valence-electron chi connectivity index (χ1n) is 13.4. The Balaban J connectivity index is 0.000000220. The van der Waals surface area contributed by atoms with E-state index in [0.717, 1.165) is 48.0 Å². The largest absolute Gasteiger partial charge is 0.478 e. The molecule has 0 amide bonds. The fourth-order valence-corrected chi connectivity index (χ4v) is 4.20. The molecule has 0 atom stereocenters. The summed E-state index contributed by atoms with van der Waals surface area (Å²) in [5.74, 6) is -0.896. The van der Waals surface area contributed by atoms with E-state index in [1.54, 1.807) is 0 Å². The Morgan fingerprint density at radius 1 is 0.650 bits per heavy atom. The van der Waals surface area contributed by atoms with Crippen LogP contribution in [-0.4, -0.2) is 17.5 Å². The van der Waals surface area contributed by atoms with Crippen LogP contribution >= 0.6 is 0 Å². The minimum atomic E-state index is -0.896. The van der Waals surface area contributed by atoms with Gasteiger partial charge in [-0.1, -0.05) is 120 Å². The highest BCUT2D eigenvalue weighted by molar-refractivity contribution is 5.90. The number of aliphatic carboxylic acids is 1. The SMILES string of the molecule is Cc1ccc(CC/C(=C/C(=O)O)c2ccccc2)cc1.Cc1ccc(CC/C(=C\OC=O)c2ccccc2)cc1. The first-order chi connectivity index (χ1) is 19.4. The summed E-state index contributed by atoms with van der Waals surface area (Å²) in [6.45, 7) is 4.59. The van der Waals surface area contributed by atoms with E-state index in [1.807, 2.05) is 60.7 Å². The van der Waals surface area contributed by atoms with E-state index in [2.05, 4.69) is 62.4 Å². The second-order valence-corrected chi connectivity index (χ2v) is 9.59. The van der Waals surface area contributed by atoms with Gasteiger partial charge in [-0.2, -0.15) is 0 Å². The maximum absolute atomic E-state index is 11.0. The van der Waals surface area contributed by atoms with Crippen LogP contribution in [0.25, 0.3) is 11.1 Å². The summed E-state index contributed by atoms with van der Waals surface area (Å²) >= 11 is 0. The summed E-state index contributed by atoms with van der Waals surface area (Å²) < 4.78 is 4.82. The molecule has 0 saturated carbocycles. The highest BCUT2D eigenvalue weighted by Crippen LogP contribution is 2.22. The van der Waals surface area contributed by atoms with E-state index in [-0.39, 0.29) is 0 Å². The second kappa shape index (κ2) is 16.3. The van der Waals surface area contributed by atoms with Gasteiger partial charge in [0, 0.05) is 6.08 Å². The van der Waals surface area contributed by atoms with Crippen molar-refractivity contribution < 1.29 is 19.4 Å². The molecule has 0 saturated heterocycles. The molecule has 0 aromatic heterocycles. The van der Waals surface area contributed by atoms with Gasteiger partial charge in [-0.15, -0.1) is 0 Å². The molecule has 4 rings (SSSR count).